The molecule has 0 aliphatic heterocycles. The fourth-order valence-electron chi connectivity index (χ4n) is 4.57. The number of ether oxygens (including phenoxy) is 6. The number of rotatable bonds is 24. The molecule has 0 aliphatic carbocycles. The van der Waals surface area contributed by atoms with Gasteiger partial charge in [-0.15, -0.1) is 0 Å². The van der Waals surface area contributed by atoms with Gasteiger partial charge in [0.2, 0.25) is 0 Å². The molecular formula is C42H52O10. The molecule has 280 valence electrons. The highest BCUT2D eigenvalue weighted by Crippen LogP contribution is 2.18. The van der Waals surface area contributed by atoms with E-state index in [2.05, 4.69) is 13.2 Å². The number of esters is 4. The molecule has 3 aromatic carbocycles. The minimum Gasteiger partial charge on any atom is -0.494 e. The molecule has 0 aliphatic rings. The van der Waals surface area contributed by atoms with Crippen molar-refractivity contribution >= 4 is 23.9 Å². The second kappa shape index (κ2) is 26.4. The molecule has 0 unspecified atom stereocenters. The quantitative estimate of drug-likeness (QED) is 0.0292. The van der Waals surface area contributed by atoms with Crippen molar-refractivity contribution in [3.63, 3.8) is 0 Å². The first-order valence-corrected chi connectivity index (χ1v) is 17.9. The number of carbonyl (C=O) groups excluding carboxylic acids is 4. The number of hydrogen-bond acceptors (Lipinski definition) is 10. The van der Waals surface area contributed by atoms with Crippen LogP contribution in [-0.4, -0.2) is 56.9 Å². The Morgan fingerprint density at radius 3 is 1.33 bits per heavy atom. The zero-order valence-electron chi connectivity index (χ0n) is 30.5. The minimum atomic E-state index is -0.479. The van der Waals surface area contributed by atoms with Crippen LogP contribution in [0, 0.1) is 0 Å². The van der Waals surface area contributed by atoms with Crippen LogP contribution in [-0.2, 0) is 30.2 Å². The maximum Gasteiger partial charge on any atom is 0.343 e. The molecule has 0 N–H and O–H groups in total. The molecule has 0 bridgehead atoms. The van der Waals surface area contributed by atoms with Gasteiger partial charge in [0.1, 0.15) is 17.2 Å². The summed E-state index contributed by atoms with van der Waals surface area (Å²) in [5.41, 5.74) is 1.77. The Labute approximate surface area is 307 Å². The Morgan fingerprint density at radius 2 is 0.885 bits per heavy atom. The number of hydrogen-bond donors (Lipinski definition) is 0. The topological polar surface area (TPSA) is 124 Å². The third-order valence-electron chi connectivity index (χ3n) is 7.37. The van der Waals surface area contributed by atoms with Gasteiger partial charge in [-0.1, -0.05) is 39.1 Å². The van der Waals surface area contributed by atoms with Crippen LogP contribution < -0.4 is 14.2 Å². The lowest BCUT2D eigenvalue weighted by Gasteiger charge is -2.09. The average Bonchev–Trinajstić information content (AvgIpc) is 3.18. The maximum atomic E-state index is 12.6. The van der Waals surface area contributed by atoms with E-state index < -0.39 is 23.9 Å². The van der Waals surface area contributed by atoms with Gasteiger partial charge in [-0.05, 0) is 118 Å². The number of carbonyl (C=O) groups is 4. The standard InChI is InChI=1S/C40H46O10.C2H6/c1-3-37(41)47-28-11-7-5-9-26-45-34-21-15-32(16-22-34)39(43)49-30-25-31-13-19-36(20-14-31)50-40(44)33-17-23-35(24-18-33)46-27-10-6-8-12-29-48-38(42)4-2;1-2/h3-4,13-24H,1-2,5-12,25-30H2;1-2H3. The van der Waals surface area contributed by atoms with Gasteiger partial charge >= 0.3 is 23.9 Å². The van der Waals surface area contributed by atoms with Crippen LogP contribution in [0.25, 0.3) is 0 Å². The van der Waals surface area contributed by atoms with Gasteiger partial charge in [0, 0.05) is 18.6 Å². The number of benzene rings is 3. The van der Waals surface area contributed by atoms with Crippen molar-refractivity contribution in [2.75, 3.05) is 33.0 Å². The van der Waals surface area contributed by atoms with Crippen molar-refractivity contribution in [1.29, 1.82) is 0 Å². The van der Waals surface area contributed by atoms with Crippen LogP contribution in [0.5, 0.6) is 17.2 Å². The molecule has 0 saturated carbocycles. The molecule has 0 amide bonds. The summed E-state index contributed by atoms with van der Waals surface area (Å²) in [4.78, 5) is 47.1. The predicted molar refractivity (Wildman–Crippen MR) is 200 cm³/mol. The van der Waals surface area contributed by atoms with Gasteiger partial charge in [-0.2, -0.15) is 0 Å². The molecule has 0 radical (unpaired) electrons. The lowest BCUT2D eigenvalue weighted by molar-refractivity contribution is -0.138. The molecule has 0 aromatic heterocycles. The molecule has 0 atom stereocenters. The van der Waals surface area contributed by atoms with Crippen LogP contribution in [0.4, 0.5) is 0 Å². The first kappa shape index (κ1) is 42.8. The summed E-state index contributed by atoms with van der Waals surface area (Å²) in [6, 6.07) is 20.7. The van der Waals surface area contributed by atoms with Crippen molar-refractivity contribution in [2.45, 2.75) is 71.6 Å². The predicted octanol–water partition coefficient (Wildman–Crippen LogP) is 8.67. The SMILES string of the molecule is C=CC(=O)OCCCCCCOc1ccc(C(=O)OCCc2ccc(OC(=O)c3ccc(OCCCCCCOC(=O)C=C)cc3)cc2)cc1.CC. The van der Waals surface area contributed by atoms with Crippen molar-refractivity contribution in [1.82, 2.24) is 0 Å². The first-order valence-electron chi connectivity index (χ1n) is 17.9. The molecule has 0 fully saturated rings. The summed E-state index contributed by atoms with van der Waals surface area (Å²) in [6.45, 7) is 12.8. The summed E-state index contributed by atoms with van der Waals surface area (Å²) in [5.74, 6) is 0.0476. The van der Waals surface area contributed by atoms with E-state index in [0.717, 1.165) is 69.1 Å². The Hall–Kier alpha value is -5.38. The van der Waals surface area contributed by atoms with Crippen LogP contribution >= 0.6 is 0 Å². The van der Waals surface area contributed by atoms with Gasteiger partial charge in [-0.25, -0.2) is 19.2 Å². The van der Waals surface area contributed by atoms with Crippen LogP contribution in [0.3, 0.4) is 0 Å². The second-order valence-corrected chi connectivity index (χ2v) is 11.2. The summed E-state index contributed by atoms with van der Waals surface area (Å²) >= 11 is 0. The molecule has 52 heavy (non-hydrogen) atoms. The Balaban J connectivity index is 0.00000460. The third-order valence-corrected chi connectivity index (χ3v) is 7.37. The van der Waals surface area contributed by atoms with E-state index in [1.807, 2.05) is 26.0 Å². The highest BCUT2D eigenvalue weighted by atomic mass is 16.5. The van der Waals surface area contributed by atoms with Gasteiger partial charge in [0.25, 0.3) is 0 Å². The lowest BCUT2D eigenvalue weighted by atomic mass is 10.1. The maximum absolute atomic E-state index is 12.6. The molecule has 0 saturated heterocycles. The summed E-state index contributed by atoms with van der Waals surface area (Å²) in [6.07, 6.45) is 9.93. The molecule has 0 heterocycles. The van der Waals surface area contributed by atoms with Crippen LogP contribution in [0.15, 0.2) is 98.1 Å². The van der Waals surface area contributed by atoms with Gasteiger partial charge in [0.05, 0.1) is 44.2 Å². The fraction of sp³-hybridized carbons (Fsp3) is 0.381. The summed E-state index contributed by atoms with van der Waals surface area (Å²) in [7, 11) is 0. The van der Waals surface area contributed by atoms with E-state index >= 15 is 0 Å². The van der Waals surface area contributed by atoms with E-state index in [1.165, 1.54) is 0 Å². The Bertz CT molecular complexity index is 1500. The molecule has 10 nitrogen and oxygen atoms in total. The van der Waals surface area contributed by atoms with Gasteiger partial charge < -0.3 is 28.4 Å². The highest BCUT2D eigenvalue weighted by molar-refractivity contribution is 5.91. The Kier molecular flexibility index (Phi) is 21.7. The summed E-state index contributed by atoms with van der Waals surface area (Å²) in [5, 5.41) is 0. The summed E-state index contributed by atoms with van der Waals surface area (Å²) < 4.78 is 32.3. The largest absolute Gasteiger partial charge is 0.494 e. The van der Waals surface area contributed by atoms with E-state index in [1.54, 1.807) is 60.7 Å². The average molecular weight is 717 g/mol. The van der Waals surface area contributed by atoms with Crippen molar-refractivity contribution < 1.29 is 47.6 Å². The highest BCUT2D eigenvalue weighted by Gasteiger charge is 2.11. The second-order valence-electron chi connectivity index (χ2n) is 11.2. The van der Waals surface area contributed by atoms with E-state index in [0.29, 0.717) is 61.2 Å². The monoisotopic (exact) mass is 716 g/mol. The zero-order valence-corrected chi connectivity index (χ0v) is 30.5. The van der Waals surface area contributed by atoms with Crippen LogP contribution in [0.1, 0.15) is 91.5 Å². The van der Waals surface area contributed by atoms with Crippen molar-refractivity contribution in [3.05, 3.63) is 115 Å². The van der Waals surface area contributed by atoms with Crippen molar-refractivity contribution in [3.8, 4) is 17.2 Å². The van der Waals surface area contributed by atoms with Gasteiger partial charge in [0.15, 0.2) is 0 Å². The molecular weight excluding hydrogens is 664 g/mol. The fourth-order valence-corrected chi connectivity index (χ4v) is 4.57. The molecule has 3 aromatic rings. The van der Waals surface area contributed by atoms with Crippen LogP contribution in [0.2, 0.25) is 0 Å². The zero-order chi connectivity index (χ0) is 37.8. The first-order chi connectivity index (χ1) is 25.4. The Morgan fingerprint density at radius 1 is 0.481 bits per heavy atom. The van der Waals surface area contributed by atoms with Gasteiger partial charge in [-0.3, -0.25) is 0 Å². The molecule has 10 heteroatoms. The smallest absolute Gasteiger partial charge is 0.343 e. The molecule has 0 spiro atoms. The minimum absolute atomic E-state index is 0.199. The lowest BCUT2D eigenvalue weighted by Crippen LogP contribution is -2.09. The number of unbranched alkanes of at least 4 members (excludes halogenated alkanes) is 6. The van der Waals surface area contributed by atoms with Crippen molar-refractivity contribution in [2.24, 2.45) is 0 Å². The molecule has 3 rings (SSSR count). The van der Waals surface area contributed by atoms with E-state index in [4.69, 9.17) is 28.4 Å². The third kappa shape index (κ3) is 18.0. The van der Waals surface area contributed by atoms with E-state index in [-0.39, 0.29) is 6.61 Å². The normalized spacial score (nSPS) is 10.1. The van der Waals surface area contributed by atoms with E-state index in [9.17, 15) is 19.2 Å².